The van der Waals surface area contributed by atoms with E-state index < -0.39 is 0 Å². The minimum atomic E-state index is 0.185. The van der Waals surface area contributed by atoms with Crippen molar-refractivity contribution in [2.75, 3.05) is 13.1 Å². The summed E-state index contributed by atoms with van der Waals surface area (Å²) < 4.78 is 0. The van der Waals surface area contributed by atoms with Gasteiger partial charge in [0.15, 0.2) is 0 Å². The van der Waals surface area contributed by atoms with Crippen molar-refractivity contribution in [3.63, 3.8) is 0 Å². The van der Waals surface area contributed by atoms with Gasteiger partial charge in [-0.1, -0.05) is 32.0 Å². The molecule has 0 unspecified atom stereocenters. The van der Waals surface area contributed by atoms with Gasteiger partial charge in [-0.25, -0.2) is 0 Å². The van der Waals surface area contributed by atoms with Gasteiger partial charge in [0, 0.05) is 18.7 Å². The van der Waals surface area contributed by atoms with E-state index in [4.69, 9.17) is 0 Å². The van der Waals surface area contributed by atoms with E-state index >= 15 is 0 Å². The first-order chi connectivity index (χ1) is 8.19. The molecule has 0 bridgehead atoms. The van der Waals surface area contributed by atoms with Gasteiger partial charge in [0.1, 0.15) is 0 Å². The molecule has 0 aliphatic carbocycles. The van der Waals surface area contributed by atoms with Crippen LogP contribution in [0.4, 0.5) is 0 Å². The lowest BCUT2D eigenvalue weighted by molar-refractivity contribution is 0.0771. The molecule has 0 N–H and O–H groups in total. The average molecular weight is 233 g/mol. The Bertz CT molecular complexity index is 358. The van der Waals surface area contributed by atoms with E-state index in [1.807, 2.05) is 18.7 Å². The van der Waals surface area contributed by atoms with Crippen LogP contribution in [0.2, 0.25) is 0 Å². The lowest BCUT2D eigenvalue weighted by Gasteiger charge is -2.22. The van der Waals surface area contributed by atoms with Crippen LogP contribution >= 0.6 is 0 Å². The molecule has 0 fully saturated rings. The van der Waals surface area contributed by atoms with E-state index in [0.717, 1.165) is 31.5 Å². The molecule has 1 aromatic carbocycles. The number of nitrogens with zero attached hydrogens (tertiary/aromatic N) is 1. The molecule has 2 heteroatoms. The molecule has 0 aliphatic rings. The van der Waals surface area contributed by atoms with Gasteiger partial charge >= 0.3 is 0 Å². The monoisotopic (exact) mass is 233 g/mol. The molecule has 0 saturated heterocycles. The largest absolute Gasteiger partial charge is 0.339 e. The first kappa shape index (κ1) is 13.8. The van der Waals surface area contributed by atoms with Crippen molar-refractivity contribution in [1.82, 2.24) is 4.90 Å². The first-order valence-corrected chi connectivity index (χ1v) is 6.59. The maximum Gasteiger partial charge on any atom is 0.254 e. The van der Waals surface area contributed by atoms with Crippen molar-refractivity contribution in [2.24, 2.45) is 0 Å². The molecule has 0 aliphatic heterocycles. The Balaban J connectivity index is 3.22. The fraction of sp³-hybridized carbons (Fsp3) is 0.533. The third-order valence-electron chi connectivity index (χ3n) is 3.26. The summed E-state index contributed by atoms with van der Waals surface area (Å²) in [5.74, 6) is 0.185. The van der Waals surface area contributed by atoms with Crippen LogP contribution in [0.15, 0.2) is 18.2 Å². The molecule has 0 saturated carbocycles. The van der Waals surface area contributed by atoms with E-state index in [0.29, 0.717) is 0 Å². The smallest absolute Gasteiger partial charge is 0.254 e. The number of carbonyl (C=O) groups is 1. The summed E-state index contributed by atoms with van der Waals surface area (Å²) in [5, 5.41) is 0. The number of amides is 1. The predicted molar refractivity (Wildman–Crippen MR) is 72.4 cm³/mol. The average Bonchev–Trinajstić information content (AvgIpc) is 2.38. The number of hydrogen-bond donors (Lipinski definition) is 0. The minimum absolute atomic E-state index is 0.185. The summed E-state index contributed by atoms with van der Waals surface area (Å²) in [7, 11) is 0. The van der Waals surface area contributed by atoms with E-state index in [1.54, 1.807) is 0 Å². The van der Waals surface area contributed by atoms with Gasteiger partial charge in [-0.2, -0.15) is 0 Å². The van der Waals surface area contributed by atoms with Gasteiger partial charge in [0.05, 0.1) is 0 Å². The number of carbonyl (C=O) groups excluding carboxylic acids is 1. The minimum Gasteiger partial charge on any atom is -0.339 e. The zero-order valence-electron chi connectivity index (χ0n) is 11.4. The van der Waals surface area contributed by atoms with Gasteiger partial charge in [-0.15, -0.1) is 0 Å². The Hall–Kier alpha value is -1.31. The summed E-state index contributed by atoms with van der Waals surface area (Å²) in [5.41, 5.74) is 3.27. The zero-order valence-corrected chi connectivity index (χ0v) is 11.4. The van der Waals surface area contributed by atoms with Crippen molar-refractivity contribution in [1.29, 1.82) is 0 Å². The molecule has 0 radical (unpaired) electrons. The second-order valence-electron chi connectivity index (χ2n) is 4.14. The quantitative estimate of drug-likeness (QED) is 0.764. The van der Waals surface area contributed by atoms with Crippen LogP contribution in [0, 0.1) is 0 Å². The van der Waals surface area contributed by atoms with Crippen molar-refractivity contribution >= 4 is 5.91 Å². The van der Waals surface area contributed by atoms with Crippen molar-refractivity contribution in [3.8, 4) is 0 Å². The molecule has 2 nitrogen and oxygen atoms in total. The van der Waals surface area contributed by atoms with Crippen LogP contribution in [0.25, 0.3) is 0 Å². The highest BCUT2D eigenvalue weighted by atomic mass is 16.2. The van der Waals surface area contributed by atoms with Crippen LogP contribution in [0.1, 0.15) is 49.2 Å². The van der Waals surface area contributed by atoms with Crippen molar-refractivity contribution in [2.45, 2.75) is 40.5 Å². The molecule has 17 heavy (non-hydrogen) atoms. The maximum absolute atomic E-state index is 12.5. The molecular weight excluding hydrogens is 210 g/mol. The molecule has 0 spiro atoms. The van der Waals surface area contributed by atoms with Crippen LogP contribution < -0.4 is 0 Å². The topological polar surface area (TPSA) is 20.3 Å². The van der Waals surface area contributed by atoms with Gasteiger partial charge in [-0.3, -0.25) is 4.79 Å². The molecule has 0 aromatic heterocycles. The summed E-state index contributed by atoms with van der Waals surface area (Å²) in [4.78, 5) is 14.4. The number of rotatable bonds is 5. The van der Waals surface area contributed by atoms with E-state index in [-0.39, 0.29) is 5.91 Å². The van der Waals surface area contributed by atoms with Gasteiger partial charge in [0.25, 0.3) is 5.91 Å². The maximum atomic E-state index is 12.5. The summed E-state index contributed by atoms with van der Waals surface area (Å²) in [6.07, 6.45) is 1.83. The summed E-state index contributed by atoms with van der Waals surface area (Å²) in [6, 6.07) is 6.18. The van der Waals surface area contributed by atoms with Gasteiger partial charge in [-0.05, 0) is 37.8 Å². The van der Waals surface area contributed by atoms with E-state index in [2.05, 4.69) is 32.0 Å². The number of benzene rings is 1. The molecule has 1 rings (SSSR count). The highest BCUT2D eigenvalue weighted by molar-refractivity contribution is 5.97. The Morgan fingerprint density at radius 1 is 1.00 bits per heavy atom. The number of hydrogen-bond acceptors (Lipinski definition) is 1. The van der Waals surface area contributed by atoms with Crippen molar-refractivity contribution < 1.29 is 4.79 Å². The molecule has 1 aromatic rings. The highest BCUT2D eigenvalue weighted by Crippen LogP contribution is 2.18. The van der Waals surface area contributed by atoms with Crippen LogP contribution in [0.5, 0.6) is 0 Å². The Kier molecular flexibility index (Phi) is 5.20. The Labute approximate surface area is 105 Å². The third-order valence-corrected chi connectivity index (χ3v) is 3.26. The number of aryl methyl sites for hydroxylation is 2. The van der Waals surface area contributed by atoms with Gasteiger partial charge < -0.3 is 4.90 Å². The van der Waals surface area contributed by atoms with Crippen molar-refractivity contribution in [3.05, 3.63) is 34.9 Å². The second-order valence-corrected chi connectivity index (χ2v) is 4.14. The fourth-order valence-electron chi connectivity index (χ4n) is 2.19. The zero-order chi connectivity index (χ0) is 12.8. The Morgan fingerprint density at radius 2 is 1.47 bits per heavy atom. The summed E-state index contributed by atoms with van der Waals surface area (Å²) >= 11 is 0. The normalized spacial score (nSPS) is 10.4. The fourth-order valence-corrected chi connectivity index (χ4v) is 2.19. The van der Waals surface area contributed by atoms with Crippen LogP contribution in [-0.2, 0) is 12.8 Å². The standard InChI is InChI=1S/C15H23NO/c1-5-12-10-9-11-13(6-2)14(12)15(17)16(7-3)8-4/h9-11H,5-8H2,1-4H3. The van der Waals surface area contributed by atoms with E-state index in [1.165, 1.54) is 11.1 Å². The van der Waals surface area contributed by atoms with Crippen LogP contribution in [0.3, 0.4) is 0 Å². The molecule has 94 valence electrons. The molecule has 1 amide bonds. The first-order valence-electron chi connectivity index (χ1n) is 6.59. The molecule has 0 heterocycles. The van der Waals surface area contributed by atoms with Crippen LogP contribution in [-0.4, -0.2) is 23.9 Å². The lowest BCUT2D eigenvalue weighted by atomic mass is 9.96. The summed E-state index contributed by atoms with van der Waals surface area (Å²) in [6.45, 7) is 9.82. The third kappa shape index (κ3) is 2.87. The lowest BCUT2D eigenvalue weighted by Crippen LogP contribution is -2.32. The highest BCUT2D eigenvalue weighted by Gasteiger charge is 2.18. The second kappa shape index (κ2) is 6.43. The van der Waals surface area contributed by atoms with E-state index in [9.17, 15) is 4.79 Å². The molecular formula is C15H23NO. The Morgan fingerprint density at radius 3 is 1.82 bits per heavy atom. The SMILES string of the molecule is CCc1cccc(CC)c1C(=O)N(CC)CC. The molecule has 0 atom stereocenters. The van der Waals surface area contributed by atoms with Gasteiger partial charge in [0.2, 0.25) is 0 Å². The predicted octanol–water partition coefficient (Wildman–Crippen LogP) is 3.29.